The molecule has 122 valence electrons. The first-order chi connectivity index (χ1) is 11.8. The maximum absolute atomic E-state index is 12.7. The number of rotatable bonds is 4. The number of aliphatic hydroxyl groups is 1. The molecule has 0 fully saturated rings. The SMILES string of the molecule is O=c1c2ccc(-c3nn[nH]n3)cc2oc2ccc(OCCO)cc12.[H-].[Na+]. The Balaban J connectivity index is 0.00000121. The largest absolute Gasteiger partial charge is 1.00 e. The standard InChI is InChI=1S/C16H12N4O4.Na.H/c21-5-6-23-10-2-4-13-12(8-10)15(22)11-3-1-9(7-14(11)24-13)16-17-19-20-18-16;;/h1-4,7-8,21H,5-6H2,(H,17,18,19,20);;/q;+1;-1. The Morgan fingerprint density at radius 2 is 2.04 bits per heavy atom. The molecule has 8 nitrogen and oxygen atoms in total. The first-order valence-corrected chi connectivity index (χ1v) is 7.24. The molecule has 0 spiro atoms. The van der Waals surface area contributed by atoms with Gasteiger partial charge in [-0.3, -0.25) is 4.79 Å². The van der Waals surface area contributed by atoms with Crippen LogP contribution < -0.4 is 39.7 Å². The quantitative estimate of drug-likeness (QED) is 0.345. The molecule has 0 aliphatic carbocycles. The van der Waals surface area contributed by atoms with E-state index in [1.165, 1.54) is 0 Å². The maximum Gasteiger partial charge on any atom is 1.00 e. The van der Waals surface area contributed by atoms with Crippen molar-refractivity contribution in [3.05, 3.63) is 46.6 Å². The van der Waals surface area contributed by atoms with Gasteiger partial charge in [0.05, 0.1) is 17.4 Å². The van der Waals surface area contributed by atoms with Crippen molar-refractivity contribution in [2.45, 2.75) is 0 Å². The topological polar surface area (TPSA) is 114 Å². The fraction of sp³-hybridized carbons (Fsp3) is 0.125. The van der Waals surface area contributed by atoms with Gasteiger partial charge in [0, 0.05) is 5.56 Å². The third-order valence-corrected chi connectivity index (χ3v) is 3.61. The molecule has 0 aliphatic heterocycles. The smallest absolute Gasteiger partial charge is 1.00 e. The molecule has 0 atom stereocenters. The number of hydrogen-bond donors (Lipinski definition) is 2. The van der Waals surface area contributed by atoms with Crippen molar-refractivity contribution in [2.24, 2.45) is 0 Å². The molecule has 2 N–H and O–H groups in total. The van der Waals surface area contributed by atoms with Crippen LogP contribution in [-0.2, 0) is 0 Å². The van der Waals surface area contributed by atoms with E-state index >= 15 is 0 Å². The summed E-state index contributed by atoms with van der Waals surface area (Å²) in [6.45, 7) is 0.0711. The van der Waals surface area contributed by atoms with E-state index in [4.69, 9.17) is 14.3 Å². The summed E-state index contributed by atoms with van der Waals surface area (Å²) in [6, 6.07) is 10.1. The minimum atomic E-state index is -0.152. The Morgan fingerprint density at radius 1 is 1.16 bits per heavy atom. The minimum absolute atomic E-state index is 0. The minimum Gasteiger partial charge on any atom is -1.00 e. The summed E-state index contributed by atoms with van der Waals surface area (Å²) in [4.78, 5) is 12.7. The number of aliphatic hydroxyl groups excluding tert-OH is 1. The molecule has 2 heterocycles. The number of ether oxygens (including phenoxy) is 1. The van der Waals surface area contributed by atoms with Gasteiger partial charge in [-0.25, -0.2) is 0 Å². The zero-order chi connectivity index (χ0) is 16.5. The van der Waals surface area contributed by atoms with Gasteiger partial charge in [0.25, 0.3) is 0 Å². The molecular weight excluding hydrogens is 335 g/mol. The summed E-state index contributed by atoms with van der Waals surface area (Å²) in [7, 11) is 0. The van der Waals surface area contributed by atoms with E-state index in [1.54, 1.807) is 36.4 Å². The normalized spacial score (nSPS) is 10.8. The van der Waals surface area contributed by atoms with Crippen LogP contribution in [0.5, 0.6) is 5.75 Å². The number of aromatic amines is 1. The monoisotopic (exact) mass is 348 g/mol. The zero-order valence-corrected chi connectivity index (χ0v) is 15.4. The van der Waals surface area contributed by atoms with Crippen LogP contribution in [0, 0.1) is 0 Å². The van der Waals surface area contributed by atoms with Crippen molar-refractivity contribution in [1.29, 1.82) is 0 Å². The molecule has 0 radical (unpaired) electrons. The molecule has 25 heavy (non-hydrogen) atoms. The van der Waals surface area contributed by atoms with Crippen LogP contribution in [0.1, 0.15) is 1.43 Å². The predicted octanol–water partition coefficient (Wildman–Crippen LogP) is -1.39. The summed E-state index contributed by atoms with van der Waals surface area (Å²) in [5.74, 6) is 0.930. The second-order valence-electron chi connectivity index (χ2n) is 5.11. The van der Waals surface area contributed by atoms with Gasteiger partial charge < -0.3 is 15.7 Å². The average molecular weight is 348 g/mol. The molecule has 0 unspecified atom stereocenters. The molecule has 0 saturated carbocycles. The summed E-state index contributed by atoms with van der Waals surface area (Å²) < 4.78 is 11.2. The van der Waals surface area contributed by atoms with Crippen molar-refractivity contribution < 1.29 is 45.2 Å². The number of tetrazole rings is 1. The zero-order valence-electron chi connectivity index (χ0n) is 14.4. The van der Waals surface area contributed by atoms with Gasteiger partial charge in [-0.1, -0.05) is 6.07 Å². The van der Waals surface area contributed by atoms with E-state index < -0.39 is 0 Å². The van der Waals surface area contributed by atoms with Crippen molar-refractivity contribution in [1.82, 2.24) is 20.6 Å². The number of aromatic nitrogens is 4. The predicted molar refractivity (Wildman–Crippen MR) is 86.9 cm³/mol. The molecule has 9 heteroatoms. The first-order valence-electron chi connectivity index (χ1n) is 7.24. The van der Waals surface area contributed by atoms with Gasteiger partial charge >= 0.3 is 29.6 Å². The molecule has 0 aliphatic rings. The second-order valence-corrected chi connectivity index (χ2v) is 5.11. The Bertz CT molecular complexity index is 1080. The number of nitrogens with zero attached hydrogens (tertiary/aromatic N) is 3. The van der Waals surface area contributed by atoms with Gasteiger partial charge in [-0.2, -0.15) is 5.21 Å². The first kappa shape index (κ1) is 17.6. The van der Waals surface area contributed by atoms with Crippen LogP contribution >= 0.6 is 0 Å². The van der Waals surface area contributed by atoms with Crippen LogP contribution in [0.2, 0.25) is 0 Å². The Hall–Kier alpha value is -2.26. The summed E-state index contributed by atoms with van der Waals surface area (Å²) >= 11 is 0. The third-order valence-electron chi connectivity index (χ3n) is 3.61. The number of H-pyrrole nitrogens is 1. The van der Waals surface area contributed by atoms with E-state index in [0.717, 1.165) is 0 Å². The van der Waals surface area contributed by atoms with E-state index in [2.05, 4.69) is 20.6 Å². The number of fused-ring (bicyclic) bond motifs is 2. The van der Waals surface area contributed by atoms with Gasteiger partial charge in [0.1, 0.15) is 23.5 Å². The van der Waals surface area contributed by atoms with Gasteiger partial charge in [-0.15, -0.1) is 10.2 Å². The van der Waals surface area contributed by atoms with E-state index in [0.29, 0.717) is 39.1 Å². The molecule has 0 amide bonds. The number of hydrogen-bond acceptors (Lipinski definition) is 7. The Kier molecular flexibility index (Phi) is 5.14. The summed E-state index contributed by atoms with van der Waals surface area (Å²) in [6.07, 6.45) is 0. The maximum atomic E-state index is 12.7. The van der Waals surface area contributed by atoms with Crippen molar-refractivity contribution in [3.63, 3.8) is 0 Å². The van der Waals surface area contributed by atoms with Crippen LogP contribution in [0.25, 0.3) is 33.3 Å². The third kappa shape index (κ3) is 3.29. The van der Waals surface area contributed by atoms with Crippen molar-refractivity contribution in [3.8, 4) is 17.1 Å². The Labute approximate surface area is 164 Å². The fourth-order valence-electron chi connectivity index (χ4n) is 2.51. The van der Waals surface area contributed by atoms with E-state index in [1.807, 2.05) is 0 Å². The van der Waals surface area contributed by atoms with Crippen molar-refractivity contribution in [2.75, 3.05) is 13.2 Å². The molecule has 4 aromatic rings. The molecule has 2 aromatic heterocycles. The number of benzene rings is 2. The molecule has 4 rings (SSSR count). The van der Waals surface area contributed by atoms with Gasteiger partial charge in [0.2, 0.25) is 11.3 Å². The van der Waals surface area contributed by atoms with Crippen LogP contribution in [0.4, 0.5) is 0 Å². The van der Waals surface area contributed by atoms with Crippen LogP contribution in [0.3, 0.4) is 0 Å². The summed E-state index contributed by atoms with van der Waals surface area (Å²) in [5, 5.41) is 23.4. The van der Waals surface area contributed by atoms with Gasteiger partial charge in [-0.05, 0) is 35.5 Å². The molecule has 0 bridgehead atoms. The van der Waals surface area contributed by atoms with E-state index in [9.17, 15) is 4.79 Å². The van der Waals surface area contributed by atoms with Gasteiger partial charge in [0.15, 0.2) is 0 Å². The Morgan fingerprint density at radius 3 is 2.80 bits per heavy atom. The fourth-order valence-corrected chi connectivity index (χ4v) is 2.51. The average Bonchev–Trinajstić information content (AvgIpc) is 3.14. The molecular formula is C16H13N4NaO4. The molecule has 0 saturated heterocycles. The molecule has 2 aromatic carbocycles. The second kappa shape index (κ2) is 7.32. The van der Waals surface area contributed by atoms with Crippen molar-refractivity contribution >= 4 is 21.9 Å². The summed E-state index contributed by atoms with van der Waals surface area (Å²) in [5.41, 5.74) is 1.44. The van der Waals surface area contributed by atoms with E-state index in [-0.39, 0.29) is 49.6 Å². The van der Waals surface area contributed by atoms with Crippen LogP contribution in [0.15, 0.2) is 45.6 Å². The number of nitrogens with one attached hydrogen (secondary N) is 1. The van der Waals surface area contributed by atoms with Crippen LogP contribution in [-0.4, -0.2) is 38.9 Å².